The molecule has 0 bridgehead atoms. The molecule has 1 saturated carbocycles. The van der Waals surface area contributed by atoms with Gasteiger partial charge in [-0.1, -0.05) is 48.7 Å². The minimum atomic E-state index is -0.933. The molecule has 1 aliphatic rings. The van der Waals surface area contributed by atoms with E-state index in [-0.39, 0.29) is 24.4 Å². The van der Waals surface area contributed by atoms with Gasteiger partial charge < -0.3 is 14.8 Å². The highest BCUT2D eigenvalue weighted by Crippen LogP contribution is 2.32. The second kappa shape index (κ2) is 12.0. The molecule has 1 atom stereocenters. The van der Waals surface area contributed by atoms with E-state index >= 15 is 0 Å². The van der Waals surface area contributed by atoms with Crippen molar-refractivity contribution in [2.45, 2.75) is 50.7 Å². The molecule has 1 heterocycles. The van der Waals surface area contributed by atoms with Crippen molar-refractivity contribution in [2.75, 3.05) is 19.1 Å². The molecule has 9 heteroatoms. The summed E-state index contributed by atoms with van der Waals surface area (Å²) >= 11 is 0. The summed E-state index contributed by atoms with van der Waals surface area (Å²) in [6, 6.07) is 21.1. The number of aromatic nitrogens is 3. The summed E-state index contributed by atoms with van der Waals surface area (Å²) in [6.07, 6.45) is 5.19. The van der Waals surface area contributed by atoms with E-state index in [4.69, 9.17) is 9.47 Å². The van der Waals surface area contributed by atoms with Gasteiger partial charge in [0.1, 0.15) is 29.6 Å². The molecule has 0 aliphatic heterocycles. The van der Waals surface area contributed by atoms with Crippen molar-refractivity contribution < 1.29 is 19.1 Å². The Morgan fingerprint density at radius 2 is 1.69 bits per heavy atom. The smallest absolute Gasteiger partial charge is 0.249 e. The maximum absolute atomic E-state index is 14.2. The predicted octanol–water partition coefficient (Wildman–Crippen LogP) is 4.67. The van der Waals surface area contributed by atoms with Crippen LogP contribution in [0, 0.1) is 0 Å². The lowest BCUT2D eigenvalue weighted by atomic mass is 9.94. The predicted molar refractivity (Wildman–Crippen MR) is 149 cm³/mol. The molecule has 1 aromatic heterocycles. The molecule has 1 N–H and O–H groups in total. The molecule has 3 aromatic carbocycles. The topological polar surface area (TPSA) is 98.6 Å². The fourth-order valence-corrected chi connectivity index (χ4v) is 5.17. The number of hydrogen-bond donors (Lipinski definition) is 1. The van der Waals surface area contributed by atoms with Gasteiger partial charge in [-0.15, -0.1) is 5.10 Å². The molecular formula is C30H33N5O4. The zero-order valence-electron chi connectivity index (χ0n) is 22.2. The van der Waals surface area contributed by atoms with Crippen LogP contribution in [0.15, 0.2) is 72.8 Å². The Morgan fingerprint density at radius 3 is 2.44 bits per heavy atom. The van der Waals surface area contributed by atoms with E-state index < -0.39 is 6.04 Å². The van der Waals surface area contributed by atoms with Gasteiger partial charge >= 0.3 is 0 Å². The molecule has 202 valence electrons. The van der Waals surface area contributed by atoms with Crippen LogP contribution in [0.25, 0.3) is 11.0 Å². The van der Waals surface area contributed by atoms with Crippen molar-refractivity contribution in [3.63, 3.8) is 0 Å². The molecule has 0 spiro atoms. The lowest BCUT2D eigenvalue weighted by molar-refractivity contribution is -0.127. The third-order valence-electron chi connectivity index (χ3n) is 7.19. The van der Waals surface area contributed by atoms with Crippen LogP contribution in [-0.2, 0) is 16.1 Å². The van der Waals surface area contributed by atoms with Gasteiger partial charge in [-0.2, -0.15) is 0 Å². The standard InChI is InChI=1S/C30H33N5O4/c1-38-24-17-15-23(16-18-24)35(28(36)20-34-27-14-7-6-13-26(27)32-33-34)29(21-9-8-12-25(19-21)39-2)30(37)31-22-10-4-3-5-11-22/h6-9,12-19,22,29H,3-5,10-11,20H2,1-2H3,(H,31,37)/t29-/m1/s1. The fraction of sp³-hybridized carbons (Fsp3) is 0.333. The van der Waals surface area contributed by atoms with Crippen molar-refractivity contribution in [1.29, 1.82) is 0 Å². The molecule has 2 amide bonds. The largest absolute Gasteiger partial charge is 0.497 e. The molecule has 4 aromatic rings. The summed E-state index contributed by atoms with van der Waals surface area (Å²) < 4.78 is 12.4. The van der Waals surface area contributed by atoms with E-state index in [1.54, 1.807) is 54.1 Å². The number of ether oxygens (including phenoxy) is 2. The monoisotopic (exact) mass is 527 g/mol. The van der Waals surface area contributed by atoms with E-state index in [0.29, 0.717) is 28.3 Å². The number of fused-ring (bicyclic) bond motifs is 1. The number of amides is 2. The molecule has 0 saturated heterocycles. The van der Waals surface area contributed by atoms with Crippen LogP contribution in [0.5, 0.6) is 11.5 Å². The van der Waals surface area contributed by atoms with Gasteiger partial charge in [0.05, 0.1) is 19.7 Å². The fourth-order valence-electron chi connectivity index (χ4n) is 5.17. The highest BCUT2D eigenvalue weighted by molar-refractivity contribution is 6.01. The summed E-state index contributed by atoms with van der Waals surface area (Å²) in [5.41, 5.74) is 2.65. The van der Waals surface area contributed by atoms with E-state index in [0.717, 1.165) is 31.2 Å². The van der Waals surface area contributed by atoms with Gasteiger partial charge in [-0.25, -0.2) is 4.68 Å². The summed E-state index contributed by atoms with van der Waals surface area (Å²) in [4.78, 5) is 29.8. The van der Waals surface area contributed by atoms with Crippen molar-refractivity contribution in [2.24, 2.45) is 0 Å². The summed E-state index contributed by atoms with van der Waals surface area (Å²) in [5.74, 6) is 0.718. The number of anilines is 1. The second-order valence-electron chi connectivity index (χ2n) is 9.72. The summed E-state index contributed by atoms with van der Waals surface area (Å²) in [6.45, 7) is -0.0935. The summed E-state index contributed by atoms with van der Waals surface area (Å²) in [5, 5.41) is 11.6. The van der Waals surface area contributed by atoms with Gasteiger partial charge in [0.2, 0.25) is 11.8 Å². The number of nitrogens with zero attached hydrogens (tertiary/aromatic N) is 4. The first-order valence-electron chi connectivity index (χ1n) is 13.3. The maximum atomic E-state index is 14.2. The molecule has 9 nitrogen and oxygen atoms in total. The highest BCUT2D eigenvalue weighted by atomic mass is 16.5. The average molecular weight is 528 g/mol. The second-order valence-corrected chi connectivity index (χ2v) is 9.72. The Kier molecular flexibility index (Phi) is 8.05. The Bertz CT molecular complexity index is 1430. The molecule has 0 unspecified atom stereocenters. The van der Waals surface area contributed by atoms with E-state index in [2.05, 4.69) is 15.6 Å². The Hall–Kier alpha value is -4.40. The third-order valence-corrected chi connectivity index (χ3v) is 7.19. The van der Waals surface area contributed by atoms with Crippen LogP contribution in [0.2, 0.25) is 0 Å². The van der Waals surface area contributed by atoms with Crippen molar-refractivity contribution >= 4 is 28.5 Å². The normalized spacial score (nSPS) is 14.5. The van der Waals surface area contributed by atoms with Gasteiger partial charge in [0.15, 0.2) is 0 Å². The molecule has 5 rings (SSSR count). The number of carbonyl (C=O) groups is 2. The maximum Gasteiger partial charge on any atom is 0.249 e. The van der Waals surface area contributed by atoms with Gasteiger partial charge in [0.25, 0.3) is 0 Å². The number of rotatable bonds is 9. The average Bonchev–Trinajstić information content (AvgIpc) is 3.39. The number of benzene rings is 3. The zero-order chi connectivity index (χ0) is 27.2. The number of nitrogens with one attached hydrogen (secondary N) is 1. The van der Waals surface area contributed by atoms with Crippen LogP contribution < -0.4 is 19.7 Å². The van der Waals surface area contributed by atoms with Crippen LogP contribution in [0.3, 0.4) is 0 Å². The van der Waals surface area contributed by atoms with Crippen LogP contribution in [0.1, 0.15) is 43.7 Å². The van der Waals surface area contributed by atoms with Gasteiger partial charge in [0, 0.05) is 11.7 Å². The van der Waals surface area contributed by atoms with E-state index in [1.165, 1.54) is 6.42 Å². The van der Waals surface area contributed by atoms with Crippen LogP contribution in [0.4, 0.5) is 5.69 Å². The minimum Gasteiger partial charge on any atom is -0.497 e. The zero-order valence-corrected chi connectivity index (χ0v) is 22.2. The lowest BCUT2D eigenvalue weighted by Gasteiger charge is -2.33. The highest BCUT2D eigenvalue weighted by Gasteiger charge is 2.35. The lowest BCUT2D eigenvalue weighted by Crippen LogP contribution is -2.48. The van der Waals surface area contributed by atoms with E-state index in [9.17, 15) is 9.59 Å². The first kappa shape index (κ1) is 26.2. The molecule has 0 radical (unpaired) electrons. The van der Waals surface area contributed by atoms with Crippen molar-refractivity contribution in [3.8, 4) is 11.5 Å². The molecule has 1 aliphatic carbocycles. The number of hydrogen-bond acceptors (Lipinski definition) is 6. The van der Waals surface area contributed by atoms with E-state index in [1.807, 2.05) is 42.5 Å². The Labute approximate surface area is 227 Å². The molecular weight excluding hydrogens is 494 g/mol. The number of para-hydroxylation sites is 1. The Balaban J connectivity index is 1.57. The Morgan fingerprint density at radius 1 is 0.949 bits per heavy atom. The first-order chi connectivity index (χ1) is 19.1. The van der Waals surface area contributed by atoms with Gasteiger partial charge in [-0.05, 0) is 66.9 Å². The SMILES string of the molecule is COc1ccc(N(C(=O)Cn2nnc3ccccc32)[C@@H](C(=O)NC2CCCCC2)c2cccc(OC)c2)cc1. The summed E-state index contributed by atoms with van der Waals surface area (Å²) in [7, 11) is 3.17. The van der Waals surface area contributed by atoms with Crippen LogP contribution in [-0.4, -0.2) is 47.1 Å². The molecule has 39 heavy (non-hydrogen) atoms. The van der Waals surface area contributed by atoms with Crippen LogP contribution >= 0.6 is 0 Å². The first-order valence-corrected chi connectivity index (χ1v) is 13.3. The molecule has 1 fully saturated rings. The van der Waals surface area contributed by atoms with Crippen molar-refractivity contribution in [3.05, 3.63) is 78.4 Å². The quantitative estimate of drug-likeness (QED) is 0.340. The number of carbonyl (C=O) groups excluding carboxylic acids is 2. The van der Waals surface area contributed by atoms with Crippen molar-refractivity contribution in [1.82, 2.24) is 20.3 Å². The number of methoxy groups -OCH3 is 2. The third kappa shape index (κ3) is 5.87. The van der Waals surface area contributed by atoms with Gasteiger partial charge in [-0.3, -0.25) is 14.5 Å². The minimum absolute atomic E-state index is 0.0754.